The number of para-hydroxylation sites is 2. The van der Waals surface area contributed by atoms with Crippen LogP contribution in [-0.4, -0.2) is 11.7 Å². The standard InChI is InChI=1S/C21H20F2N2O2/c1-21(2)11-13(10-14(26)12-21)24-17-8-3-4-9-18(17)25-20(27)15-6-5-7-16(22)19(15)23/h3-10,24H,11-12H2,1-2H3,(H,25,27). The Labute approximate surface area is 156 Å². The molecule has 0 bridgehead atoms. The number of allylic oxidation sites excluding steroid dienone is 2. The second-order valence-corrected chi connectivity index (χ2v) is 7.38. The zero-order valence-corrected chi connectivity index (χ0v) is 15.1. The van der Waals surface area contributed by atoms with E-state index in [1.807, 2.05) is 13.8 Å². The molecular formula is C21H20F2N2O2. The summed E-state index contributed by atoms with van der Waals surface area (Å²) in [6.07, 6.45) is 2.73. The molecule has 0 heterocycles. The van der Waals surface area contributed by atoms with E-state index < -0.39 is 17.5 Å². The van der Waals surface area contributed by atoms with Crippen LogP contribution in [0.5, 0.6) is 0 Å². The molecule has 2 aromatic rings. The van der Waals surface area contributed by atoms with E-state index in [9.17, 15) is 18.4 Å². The van der Waals surface area contributed by atoms with Crippen molar-refractivity contribution in [3.63, 3.8) is 0 Å². The monoisotopic (exact) mass is 370 g/mol. The van der Waals surface area contributed by atoms with Crippen molar-refractivity contribution in [2.75, 3.05) is 10.6 Å². The van der Waals surface area contributed by atoms with Crippen molar-refractivity contribution in [3.05, 3.63) is 71.4 Å². The van der Waals surface area contributed by atoms with Crippen molar-refractivity contribution < 1.29 is 18.4 Å². The van der Waals surface area contributed by atoms with Gasteiger partial charge in [0.2, 0.25) is 0 Å². The maximum Gasteiger partial charge on any atom is 0.258 e. The summed E-state index contributed by atoms with van der Waals surface area (Å²) in [7, 11) is 0. The Balaban J connectivity index is 1.83. The number of carbonyl (C=O) groups is 2. The van der Waals surface area contributed by atoms with Gasteiger partial charge < -0.3 is 10.6 Å². The number of hydrogen-bond donors (Lipinski definition) is 2. The molecule has 0 saturated heterocycles. The predicted octanol–water partition coefficient (Wildman–Crippen LogP) is 4.90. The molecule has 1 aliphatic carbocycles. The summed E-state index contributed by atoms with van der Waals surface area (Å²) in [5.74, 6) is -2.99. The molecule has 2 N–H and O–H groups in total. The van der Waals surface area contributed by atoms with Crippen molar-refractivity contribution in [3.8, 4) is 0 Å². The molecule has 0 spiro atoms. The number of carbonyl (C=O) groups excluding carboxylic acids is 2. The smallest absolute Gasteiger partial charge is 0.258 e. The number of nitrogens with one attached hydrogen (secondary N) is 2. The van der Waals surface area contributed by atoms with Gasteiger partial charge in [0.1, 0.15) is 0 Å². The molecule has 2 aromatic carbocycles. The minimum Gasteiger partial charge on any atom is -0.357 e. The molecule has 27 heavy (non-hydrogen) atoms. The predicted molar refractivity (Wildman–Crippen MR) is 100 cm³/mol. The van der Waals surface area contributed by atoms with Gasteiger partial charge in [0.25, 0.3) is 5.91 Å². The molecular weight excluding hydrogens is 350 g/mol. The van der Waals surface area contributed by atoms with Crippen molar-refractivity contribution in [2.24, 2.45) is 5.41 Å². The third-order valence-corrected chi connectivity index (χ3v) is 4.32. The summed E-state index contributed by atoms with van der Waals surface area (Å²) in [6.45, 7) is 4.03. The molecule has 140 valence electrons. The Hall–Kier alpha value is -3.02. The lowest BCUT2D eigenvalue weighted by Gasteiger charge is -2.29. The van der Waals surface area contributed by atoms with Crippen LogP contribution >= 0.6 is 0 Å². The van der Waals surface area contributed by atoms with Crippen LogP contribution in [0.1, 0.15) is 37.0 Å². The third-order valence-electron chi connectivity index (χ3n) is 4.32. The van der Waals surface area contributed by atoms with Gasteiger partial charge >= 0.3 is 0 Å². The van der Waals surface area contributed by atoms with Crippen LogP contribution in [0.2, 0.25) is 0 Å². The fraction of sp³-hybridized carbons (Fsp3) is 0.238. The fourth-order valence-electron chi connectivity index (χ4n) is 3.17. The third kappa shape index (κ3) is 4.39. The van der Waals surface area contributed by atoms with Gasteiger partial charge in [-0.2, -0.15) is 0 Å². The van der Waals surface area contributed by atoms with Gasteiger partial charge in [-0.05, 0) is 36.1 Å². The number of ketones is 1. The number of hydrogen-bond acceptors (Lipinski definition) is 3. The number of anilines is 2. The summed E-state index contributed by atoms with van der Waals surface area (Å²) in [4.78, 5) is 24.3. The van der Waals surface area contributed by atoms with E-state index in [0.717, 1.165) is 11.8 Å². The minimum atomic E-state index is -1.19. The minimum absolute atomic E-state index is 0.0390. The Morgan fingerprint density at radius 2 is 1.70 bits per heavy atom. The van der Waals surface area contributed by atoms with E-state index in [1.165, 1.54) is 12.1 Å². The summed E-state index contributed by atoms with van der Waals surface area (Å²) in [5.41, 5.74) is 1.19. The largest absolute Gasteiger partial charge is 0.357 e. The molecule has 0 atom stereocenters. The van der Waals surface area contributed by atoms with E-state index in [4.69, 9.17) is 0 Å². The molecule has 0 saturated carbocycles. The van der Waals surface area contributed by atoms with Crippen LogP contribution in [0.4, 0.5) is 20.2 Å². The van der Waals surface area contributed by atoms with E-state index in [2.05, 4.69) is 10.6 Å². The lowest BCUT2D eigenvalue weighted by Crippen LogP contribution is -2.24. The molecule has 6 heteroatoms. The van der Waals surface area contributed by atoms with Crippen LogP contribution in [0.15, 0.2) is 54.2 Å². The second kappa shape index (κ2) is 7.31. The first kappa shape index (κ1) is 18.8. The molecule has 4 nitrogen and oxygen atoms in total. The topological polar surface area (TPSA) is 58.2 Å². The summed E-state index contributed by atoms with van der Waals surface area (Å²) in [5, 5.41) is 5.77. The first-order chi connectivity index (χ1) is 12.7. The highest BCUT2D eigenvalue weighted by molar-refractivity contribution is 6.06. The second-order valence-electron chi connectivity index (χ2n) is 7.38. The Morgan fingerprint density at radius 3 is 2.41 bits per heavy atom. The lowest BCUT2D eigenvalue weighted by atomic mass is 9.79. The maximum atomic E-state index is 13.9. The summed E-state index contributed by atoms with van der Waals surface area (Å²) in [6, 6.07) is 10.3. The van der Waals surface area contributed by atoms with Gasteiger partial charge in [0, 0.05) is 18.2 Å². The summed E-state index contributed by atoms with van der Waals surface area (Å²) >= 11 is 0. The van der Waals surface area contributed by atoms with Gasteiger partial charge in [-0.1, -0.05) is 32.0 Å². The molecule has 0 unspecified atom stereocenters. The van der Waals surface area contributed by atoms with Crippen LogP contribution in [-0.2, 0) is 4.79 Å². The molecule has 0 aromatic heterocycles. The van der Waals surface area contributed by atoms with Crippen LogP contribution < -0.4 is 10.6 Å². The lowest BCUT2D eigenvalue weighted by molar-refractivity contribution is -0.117. The normalized spacial score (nSPS) is 15.9. The highest BCUT2D eigenvalue weighted by Crippen LogP contribution is 2.35. The van der Waals surface area contributed by atoms with Gasteiger partial charge in [0.05, 0.1) is 16.9 Å². The van der Waals surface area contributed by atoms with Gasteiger partial charge in [-0.15, -0.1) is 0 Å². The van der Waals surface area contributed by atoms with Crippen molar-refractivity contribution in [1.29, 1.82) is 0 Å². The van der Waals surface area contributed by atoms with Crippen molar-refractivity contribution >= 4 is 23.1 Å². The molecule has 0 fully saturated rings. The fourth-order valence-corrected chi connectivity index (χ4v) is 3.17. The number of amides is 1. The molecule has 3 rings (SSSR count). The van der Waals surface area contributed by atoms with Crippen LogP contribution in [0.3, 0.4) is 0 Å². The quantitative estimate of drug-likeness (QED) is 0.805. The van der Waals surface area contributed by atoms with E-state index >= 15 is 0 Å². The molecule has 0 aliphatic heterocycles. The van der Waals surface area contributed by atoms with Crippen LogP contribution in [0, 0.1) is 17.0 Å². The van der Waals surface area contributed by atoms with Crippen molar-refractivity contribution in [2.45, 2.75) is 26.7 Å². The molecule has 1 aliphatic rings. The first-order valence-corrected chi connectivity index (χ1v) is 8.60. The first-order valence-electron chi connectivity index (χ1n) is 8.60. The SMILES string of the molecule is CC1(C)CC(=O)C=C(Nc2ccccc2NC(=O)c2cccc(F)c2F)C1. The Kier molecular flexibility index (Phi) is 5.08. The van der Waals surface area contributed by atoms with E-state index in [0.29, 0.717) is 24.2 Å². The van der Waals surface area contributed by atoms with Crippen LogP contribution in [0.25, 0.3) is 0 Å². The Morgan fingerprint density at radius 1 is 1.00 bits per heavy atom. The maximum absolute atomic E-state index is 13.9. The zero-order valence-electron chi connectivity index (χ0n) is 15.1. The van der Waals surface area contributed by atoms with Gasteiger partial charge in [-0.25, -0.2) is 8.78 Å². The van der Waals surface area contributed by atoms with E-state index in [-0.39, 0.29) is 16.8 Å². The average Bonchev–Trinajstić information content (AvgIpc) is 2.57. The number of rotatable bonds is 4. The number of halogens is 2. The van der Waals surface area contributed by atoms with Gasteiger partial charge in [0.15, 0.2) is 17.4 Å². The Bertz CT molecular complexity index is 936. The molecule has 0 radical (unpaired) electrons. The average molecular weight is 370 g/mol. The summed E-state index contributed by atoms with van der Waals surface area (Å²) < 4.78 is 27.2. The van der Waals surface area contributed by atoms with Gasteiger partial charge in [-0.3, -0.25) is 9.59 Å². The van der Waals surface area contributed by atoms with Crippen molar-refractivity contribution in [1.82, 2.24) is 0 Å². The zero-order chi connectivity index (χ0) is 19.6. The highest BCUT2D eigenvalue weighted by Gasteiger charge is 2.27. The highest BCUT2D eigenvalue weighted by atomic mass is 19.2. The van der Waals surface area contributed by atoms with E-state index in [1.54, 1.807) is 30.3 Å². The molecule has 1 amide bonds. The number of benzene rings is 2.